The summed E-state index contributed by atoms with van der Waals surface area (Å²) in [6.45, 7) is 6.05. The third-order valence-electron chi connectivity index (χ3n) is 2.99. The summed E-state index contributed by atoms with van der Waals surface area (Å²) in [6, 6.07) is 4.01. The minimum absolute atomic E-state index is 0.630. The fourth-order valence-corrected chi connectivity index (χ4v) is 2.44. The van der Waals surface area contributed by atoms with Gasteiger partial charge in [-0.25, -0.2) is 9.97 Å². The summed E-state index contributed by atoms with van der Waals surface area (Å²) in [5.41, 5.74) is 14.4. The van der Waals surface area contributed by atoms with Gasteiger partial charge in [0, 0.05) is 15.1 Å². The van der Waals surface area contributed by atoms with Crippen LogP contribution in [0.1, 0.15) is 30.7 Å². The minimum atomic E-state index is 0.630. The van der Waals surface area contributed by atoms with Crippen molar-refractivity contribution in [2.24, 2.45) is 0 Å². The molecule has 114 valence electrons. The van der Waals surface area contributed by atoms with E-state index < -0.39 is 0 Å². The number of nitrogens with zero attached hydrogens (tertiary/aromatic N) is 2. The van der Waals surface area contributed by atoms with Gasteiger partial charge in [0.25, 0.3) is 0 Å². The molecule has 4 nitrogen and oxygen atoms in total. The molecule has 4 N–H and O–H groups in total. The van der Waals surface area contributed by atoms with Crippen LogP contribution in [0.2, 0.25) is 0 Å². The van der Waals surface area contributed by atoms with Crippen LogP contribution in [0.4, 0.5) is 11.6 Å². The predicted octanol–water partition coefficient (Wildman–Crippen LogP) is 4.29. The summed E-state index contributed by atoms with van der Waals surface area (Å²) in [7, 11) is 0. The van der Waals surface area contributed by atoms with Crippen molar-refractivity contribution < 1.29 is 0 Å². The number of pyridine rings is 2. The number of rotatable bonds is 2. The summed E-state index contributed by atoms with van der Waals surface area (Å²) >= 11 is 6.72. The monoisotopic (exact) mass is 414 g/mol. The van der Waals surface area contributed by atoms with E-state index in [9.17, 15) is 0 Å². The van der Waals surface area contributed by atoms with Crippen molar-refractivity contribution in [1.29, 1.82) is 0 Å². The van der Waals surface area contributed by atoms with Crippen LogP contribution in [0.5, 0.6) is 0 Å². The average Bonchev–Trinajstić information content (AvgIpc) is 2.46. The van der Waals surface area contributed by atoms with Gasteiger partial charge in [0.2, 0.25) is 0 Å². The van der Waals surface area contributed by atoms with Gasteiger partial charge in [-0.3, -0.25) is 0 Å². The number of aromatic nitrogens is 2. The maximum Gasteiger partial charge on any atom is 0.126 e. The number of anilines is 2. The van der Waals surface area contributed by atoms with Crippen molar-refractivity contribution in [3.63, 3.8) is 0 Å². The van der Waals surface area contributed by atoms with E-state index in [4.69, 9.17) is 11.5 Å². The van der Waals surface area contributed by atoms with Gasteiger partial charge in [-0.15, -0.1) is 0 Å². The first-order valence-electron chi connectivity index (χ1n) is 6.70. The first-order chi connectivity index (χ1) is 9.88. The van der Waals surface area contributed by atoms with Crippen molar-refractivity contribution in [2.45, 2.75) is 33.6 Å². The van der Waals surface area contributed by atoms with Gasteiger partial charge < -0.3 is 11.5 Å². The Morgan fingerprint density at radius 3 is 2.10 bits per heavy atom. The van der Waals surface area contributed by atoms with Gasteiger partial charge in [0.15, 0.2) is 0 Å². The topological polar surface area (TPSA) is 77.8 Å². The van der Waals surface area contributed by atoms with Crippen molar-refractivity contribution in [3.8, 4) is 0 Å². The van der Waals surface area contributed by atoms with Gasteiger partial charge in [-0.2, -0.15) is 0 Å². The van der Waals surface area contributed by atoms with E-state index in [1.165, 1.54) is 0 Å². The Kier molecular flexibility index (Phi) is 7.11. The van der Waals surface area contributed by atoms with Gasteiger partial charge in [0.1, 0.15) is 11.6 Å². The molecule has 0 unspecified atom stereocenters. The molecular formula is C15H20Br2N4. The van der Waals surface area contributed by atoms with Crippen molar-refractivity contribution in [2.75, 3.05) is 11.5 Å². The molecule has 0 amide bonds. The largest absolute Gasteiger partial charge is 0.383 e. The fourth-order valence-electron chi connectivity index (χ4n) is 1.70. The van der Waals surface area contributed by atoms with Crippen molar-refractivity contribution in [1.82, 2.24) is 9.97 Å². The lowest BCUT2D eigenvalue weighted by molar-refractivity contribution is 1.08. The van der Waals surface area contributed by atoms with E-state index in [0.717, 1.165) is 38.6 Å². The molecule has 0 bridgehead atoms. The molecule has 0 aliphatic heterocycles. The number of hydrogen-bond donors (Lipinski definition) is 2. The summed E-state index contributed by atoms with van der Waals surface area (Å²) in [6.07, 6.45) is 3.56. The second-order valence-electron chi connectivity index (χ2n) is 4.50. The Morgan fingerprint density at radius 2 is 1.57 bits per heavy atom. The molecule has 21 heavy (non-hydrogen) atoms. The second-order valence-corrected chi connectivity index (χ2v) is 6.27. The highest BCUT2D eigenvalue weighted by Gasteiger charge is 2.02. The van der Waals surface area contributed by atoms with Crippen molar-refractivity contribution >= 4 is 43.5 Å². The van der Waals surface area contributed by atoms with Crippen LogP contribution >= 0.6 is 31.9 Å². The zero-order chi connectivity index (χ0) is 16.0. The van der Waals surface area contributed by atoms with Crippen LogP contribution < -0.4 is 11.5 Å². The van der Waals surface area contributed by atoms with E-state index in [1.54, 1.807) is 6.20 Å². The zero-order valence-corrected chi connectivity index (χ0v) is 15.6. The molecule has 0 saturated heterocycles. The van der Waals surface area contributed by atoms with Crippen LogP contribution in [-0.4, -0.2) is 9.97 Å². The van der Waals surface area contributed by atoms with Gasteiger partial charge >= 0.3 is 0 Å². The number of halogens is 2. The first-order valence-corrected chi connectivity index (χ1v) is 8.29. The molecule has 0 aliphatic rings. The molecule has 6 heteroatoms. The SMILES string of the molecule is CCc1cc(Br)c(C)nc1N.CCc1cc(Br)cnc1N. The number of nitrogen functional groups attached to an aromatic ring is 2. The number of nitrogens with two attached hydrogens (primary N) is 2. The highest BCUT2D eigenvalue weighted by molar-refractivity contribution is 9.10. The van der Waals surface area contributed by atoms with Gasteiger partial charge in [-0.05, 0) is 74.9 Å². The van der Waals surface area contributed by atoms with Gasteiger partial charge in [-0.1, -0.05) is 13.8 Å². The third-order valence-corrected chi connectivity index (χ3v) is 4.23. The molecule has 0 spiro atoms. The molecule has 2 aromatic rings. The number of aryl methyl sites for hydroxylation is 3. The Morgan fingerprint density at radius 1 is 1.00 bits per heavy atom. The molecule has 0 aliphatic carbocycles. The van der Waals surface area contributed by atoms with E-state index in [-0.39, 0.29) is 0 Å². The minimum Gasteiger partial charge on any atom is -0.383 e. The molecule has 2 rings (SSSR count). The average molecular weight is 416 g/mol. The smallest absolute Gasteiger partial charge is 0.126 e. The standard InChI is InChI=1S/C8H11BrN2.C7H9BrN2/c1-3-6-4-7(9)5(2)11-8(6)10;1-2-5-3-6(8)4-10-7(5)9/h4H,3H2,1-2H3,(H2,10,11);3-4H,2H2,1H3,(H2,9,10). The highest BCUT2D eigenvalue weighted by Crippen LogP contribution is 2.19. The summed E-state index contributed by atoms with van der Waals surface area (Å²) in [5.74, 6) is 1.28. The first kappa shape index (κ1) is 17.9. The van der Waals surface area contributed by atoms with E-state index >= 15 is 0 Å². The van der Waals surface area contributed by atoms with E-state index in [2.05, 4.69) is 55.7 Å². The van der Waals surface area contributed by atoms with Crippen LogP contribution in [0.25, 0.3) is 0 Å². The zero-order valence-electron chi connectivity index (χ0n) is 12.5. The van der Waals surface area contributed by atoms with Crippen LogP contribution in [0.3, 0.4) is 0 Å². The summed E-state index contributed by atoms with van der Waals surface area (Å²) < 4.78 is 2.02. The van der Waals surface area contributed by atoms with E-state index in [1.807, 2.05) is 19.1 Å². The number of hydrogen-bond acceptors (Lipinski definition) is 4. The Balaban J connectivity index is 0.000000211. The summed E-state index contributed by atoms with van der Waals surface area (Å²) in [4.78, 5) is 8.16. The molecule has 0 radical (unpaired) electrons. The van der Waals surface area contributed by atoms with Gasteiger partial charge in [0.05, 0.1) is 5.69 Å². The lowest BCUT2D eigenvalue weighted by Crippen LogP contribution is -1.98. The molecule has 0 atom stereocenters. The fraction of sp³-hybridized carbons (Fsp3) is 0.333. The molecule has 0 saturated carbocycles. The maximum atomic E-state index is 5.67. The molecule has 2 heterocycles. The highest BCUT2D eigenvalue weighted by atomic mass is 79.9. The molecule has 2 aromatic heterocycles. The van der Waals surface area contributed by atoms with Crippen molar-refractivity contribution in [3.05, 3.63) is 44.1 Å². The normalized spacial score (nSPS) is 9.95. The van der Waals surface area contributed by atoms with Crippen LogP contribution in [-0.2, 0) is 12.8 Å². The summed E-state index contributed by atoms with van der Waals surface area (Å²) in [5, 5.41) is 0. The Bertz CT molecular complexity index is 615. The molecule has 0 aromatic carbocycles. The molecule has 0 fully saturated rings. The quantitative estimate of drug-likeness (QED) is 0.766. The molecular weight excluding hydrogens is 396 g/mol. The Hall–Kier alpha value is -1.14. The maximum absolute atomic E-state index is 5.67. The Labute approximate surface area is 142 Å². The third kappa shape index (κ3) is 5.28. The van der Waals surface area contributed by atoms with Crippen LogP contribution in [0.15, 0.2) is 27.3 Å². The lowest BCUT2D eigenvalue weighted by atomic mass is 10.2. The van der Waals surface area contributed by atoms with Crippen LogP contribution in [0, 0.1) is 6.92 Å². The predicted molar refractivity (Wildman–Crippen MR) is 96.2 cm³/mol. The van der Waals surface area contributed by atoms with E-state index in [0.29, 0.717) is 11.6 Å². The lowest BCUT2D eigenvalue weighted by Gasteiger charge is -2.04. The second kappa shape index (κ2) is 8.34.